The van der Waals surface area contributed by atoms with Crippen LogP contribution < -0.4 is 11.1 Å². The predicted molar refractivity (Wildman–Crippen MR) is 69.9 cm³/mol. The molecule has 1 amide bonds. The first-order valence-corrected chi connectivity index (χ1v) is 6.37. The quantitative estimate of drug-likeness (QED) is 0.833. The van der Waals surface area contributed by atoms with E-state index in [1.807, 2.05) is 13.8 Å². The van der Waals surface area contributed by atoms with E-state index >= 15 is 0 Å². The normalized spacial score (nSPS) is 27.8. The smallest absolute Gasteiger partial charge is 0.229 e. The summed E-state index contributed by atoms with van der Waals surface area (Å²) >= 11 is 0. The Bertz CT molecular complexity index is 427. The van der Waals surface area contributed by atoms with Gasteiger partial charge in [-0.1, -0.05) is 12.8 Å². The molecule has 0 saturated heterocycles. The van der Waals surface area contributed by atoms with E-state index in [4.69, 9.17) is 5.73 Å². The third-order valence-electron chi connectivity index (χ3n) is 3.62. The Morgan fingerprint density at radius 3 is 2.72 bits per heavy atom. The molecule has 1 fully saturated rings. The molecule has 1 aliphatic rings. The first-order chi connectivity index (χ1) is 8.49. The van der Waals surface area contributed by atoms with Gasteiger partial charge in [-0.2, -0.15) is 0 Å². The lowest BCUT2D eigenvalue weighted by Gasteiger charge is -2.37. The van der Waals surface area contributed by atoms with Gasteiger partial charge in [-0.3, -0.25) is 4.79 Å². The number of hydrogen-bond acceptors (Lipinski definition) is 4. The van der Waals surface area contributed by atoms with E-state index in [2.05, 4.69) is 15.3 Å². The monoisotopic (exact) mass is 248 g/mol. The summed E-state index contributed by atoms with van der Waals surface area (Å²) in [7, 11) is 0. The average Bonchev–Trinajstić information content (AvgIpc) is 2.31. The van der Waals surface area contributed by atoms with Crippen molar-refractivity contribution in [2.45, 2.75) is 45.1 Å². The number of rotatable bonds is 2. The molecular weight excluding hydrogens is 228 g/mol. The van der Waals surface area contributed by atoms with Crippen LogP contribution in [-0.2, 0) is 4.79 Å². The Labute approximate surface area is 107 Å². The molecule has 2 rings (SSSR count). The fraction of sp³-hybridized carbons (Fsp3) is 0.615. The number of anilines is 1. The van der Waals surface area contributed by atoms with Gasteiger partial charge in [0.25, 0.3) is 0 Å². The van der Waals surface area contributed by atoms with Crippen molar-refractivity contribution in [1.82, 2.24) is 9.97 Å². The lowest BCUT2D eigenvalue weighted by molar-refractivity contribution is -0.122. The molecule has 5 nitrogen and oxygen atoms in total. The number of amides is 1. The second-order valence-electron chi connectivity index (χ2n) is 5.31. The molecule has 0 bridgehead atoms. The van der Waals surface area contributed by atoms with Gasteiger partial charge in [0.15, 0.2) is 0 Å². The van der Waals surface area contributed by atoms with Gasteiger partial charge in [0.05, 0.1) is 24.0 Å². The Kier molecular flexibility index (Phi) is 3.61. The maximum absolute atomic E-state index is 12.2. The largest absolute Gasteiger partial charge is 0.325 e. The average molecular weight is 248 g/mol. The predicted octanol–water partition coefficient (Wildman–Crippen LogP) is 1.63. The molecule has 5 heteroatoms. The fourth-order valence-electron chi connectivity index (χ4n) is 2.48. The van der Waals surface area contributed by atoms with Crippen molar-refractivity contribution in [2.24, 2.45) is 11.7 Å². The highest BCUT2D eigenvalue weighted by molar-refractivity contribution is 5.93. The number of carbonyl (C=O) groups excluding carboxylic acids is 1. The molecule has 1 aromatic rings. The topological polar surface area (TPSA) is 80.9 Å². The van der Waals surface area contributed by atoms with E-state index < -0.39 is 5.54 Å². The van der Waals surface area contributed by atoms with Gasteiger partial charge in [-0.15, -0.1) is 0 Å². The molecule has 18 heavy (non-hydrogen) atoms. The summed E-state index contributed by atoms with van der Waals surface area (Å²) in [6.45, 7) is 3.77. The van der Waals surface area contributed by atoms with E-state index in [9.17, 15) is 4.79 Å². The van der Waals surface area contributed by atoms with Crippen molar-refractivity contribution in [3.05, 3.63) is 18.2 Å². The third-order valence-corrected chi connectivity index (χ3v) is 3.62. The molecule has 2 atom stereocenters. The van der Waals surface area contributed by atoms with Crippen LogP contribution in [0.1, 0.15) is 38.4 Å². The Balaban J connectivity index is 2.05. The molecule has 2 unspecified atom stereocenters. The lowest BCUT2D eigenvalue weighted by atomic mass is 9.74. The lowest BCUT2D eigenvalue weighted by Crippen LogP contribution is -2.51. The van der Waals surface area contributed by atoms with Crippen molar-refractivity contribution < 1.29 is 4.79 Å². The minimum atomic E-state index is -0.409. The zero-order valence-corrected chi connectivity index (χ0v) is 10.9. The van der Waals surface area contributed by atoms with Gasteiger partial charge in [-0.05, 0) is 26.7 Å². The molecule has 3 N–H and O–H groups in total. The summed E-state index contributed by atoms with van der Waals surface area (Å²) in [5.74, 6) is 0.536. The van der Waals surface area contributed by atoms with Gasteiger partial charge in [0.1, 0.15) is 5.82 Å². The first kappa shape index (κ1) is 13.0. The van der Waals surface area contributed by atoms with Crippen LogP contribution in [0.4, 0.5) is 5.69 Å². The summed E-state index contributed by atoms with van der Waals surface area (Å²) in [5.41, 5.74) is 6.43. The first-order valence-electron chi connectivity index (χ1n) is 6.37. The van der Waals surface area contributed by atoms with E-state index in [1.54, 1.807) is 12.4 Å². The van der Waals surface area contributed by atoms with Crippen molar-refractivity contribution in [3.63, 3.8) is 0 Å². The zero-order valence-electron chi connectivity index (χ0n) is 10.9. The molecule has 1 saturated carbocycles. The summed E-state index contributed by atoms with van der Waals surface area (Å²) in [5, 5.41) is 2.85. The van der Waals surface area contributed by atoms with Gasteiger partial charge >= 0.3 is 0 Å². The molecule has 1 aliphatic carbocycles. The maximum atomic E-state index is 12.2. The van der Waals surface area contributed by atoms with Crippen LogP contribution in [0.15, 0.2) is 12.4 Å². The maximum Gasteiger partial charge on any atom is 0.229 e. The molecule has 1 heterocycles. The second kappa shape index (κ2) is 5.02. The number of nitrogens with one attached hydrogen (secondary N) is 1. The Hall–Kier alpha value is -1.49. The van der Waals surface area contributed by atoms with Crippen molar-refractivity contribution >= 4 is 11.6 Å². The number of carbonyl (C=O) groups is 1. The minimum absolute atomic E-state index is 0.0212. The SMILES string of the molecule is Cc1ncc(NC(=O)C2CCCCC2(C)N)cn1. The minimum Gasteiger partial charge on any atom is -0.325 e. The highest BCUT2D eigenvalue weighted by Crippen LogP contribution is 2.32. The van der Waals surface area contributed by atoms with Crippen LogP contribution in [-0.4, -0.2) is 21.4 Å². The van der Waals surface area contributed by atoms with Crippen LogP contribution in [0.25, 0.3) is 0 Å². The molecule has 1 aromatic heterocycles. The van der Waals surface area contributed by atoms with Gasteiger partial charge in [-0.25, -0.2) is 9.97 Å². The second-order valence-corrected chi connectivity index (χ2v) is 5.31. The highest BCUT2D eigenvalue weighted by atomic mass is 16.2. The van der Waals surface area contributed by atoms with Crippen LogP contribution in [0.3, 0.4) is 0 Å². The van der Waals surface area contributed by atoms with Crippen LogP contribution in [0, 0.1) is 12.8 Å². The number of nitrogens with zero attached hydrogens (tertiary/aromatic N) is 2. The number of nitrogens with two attached hydrogens (primary N) is 1. The molecule has 0 aliphatic heterocycles. The van der Waals surface area contributed by atoms with Crippen molar-refractivity contribution in [2.75, 3.05) is 5.32 Å². The zero-order chi connectivity index (χ0) is 13.2. The number of aromatic nitrogens is 2. The van der Waals surface area contributed by atoms with Crippen LogP contribution in [0.2, 0.25) is 0 Å². The third kappa shape index (κ3) is 2.85. The summed E-state index contributed by atoms with van der Waals surface area (Å²) in [6.07, 6.45) is 7.16. The van der Waals surface area contributed by atoms with Crippen molar-refractivity contribution in [3.8, 4) is 0 Å². The van der Waals surface area contributed by atoms with E-state index in [0.29, 0.717) is 11.5 Å². The van der Waals surface area contributed by atoms with Gasteiger partial charge in [0.2, 0.25) is 5.91 Å². The van der Waals surface area contributed by atoms with Crippen LogP contribution in [0.5, 0.6) is 0 Å². The van der Waals surface area contributed by atoms with Gasteiger partial charge in [0, 0.05) is 5.54 Å². The Morgan fingerprint density at radius 1 is 1.44 bits per heavy atom. The number of hydrogen-bond donors (Lipinski definition) is 2. The van der Waals surface area contributed by atoms with Gasteiger partial charge < -0.3 is 11.1 Å². The van der Waals surface area contributed by atoms with Crippen LogP contribution >= 0.6 is 0 Å². The Morgan fingerprint density at radius 2 is 2.11 bits per heavy atom. The van der Waals surface area contributed by atoms with E-state index in [1.165, 1.54) is 0 Å². The molecule has 0 radical (unpaired) electrons. The fourth-order valence-corrected chi connectivity index (χ4v) is 2.48. The van der Waals surface area contributed by atoms with Crippen molar-refractivity contribution in [1.29, 1.82) is 0 Å². The van der Waals surface area contributed by atoms with E-state index in [0.717, 1.165) is 25.7 Å². The van der Waals surface area contributed by atoms with E-state index in [-0.39, 0.29) is 11.8 Å². The molecule has 98 valence electrons. The molecule has 0 aromatic carbocycles. The highest BCUT2D eigenvalue weighted by Gasteiger charge is 2.37. The number of aryl methyl sites for hydroxylation is 1. The summed E-state index contributed by atoms with van der Waals surface area (Å²) in [4.78, 5) is 20.3. The molecule has 0 spiro atoms. The standard InChI is InChI=1S/C13H20N4O/c1-9-15-7-10(8-16-9)17-12(18)11-5-3-4-6-13(11,2)14/h7-8,11H,3-6,14H2,1-2H3,(H,17,18). The summed E-state index contributed by atoms with van der Waals surface area (Å²) in [6, 6.07) is 0. The molecular formula is C13H20N4O. The summed E-state index contributed by atoms with van der Waals surface area (Å²) < 4.78 is 0.